The number of nitriles is 2. The minimum atomic E-state index is -0.600. The average Bonchev–Trinajstić information content (AvgIpc) is 2.10. The molecule has 0 fully saturated rings. The highest BCUT2D eigenvalue weighted by molar-refractivity contribution is 5.24. The van der Waals surface area contributed by atoms with E-state index in [1.54, 1.807) is 37.7 Å². The Hall–Kier alpha value is -1.94. The van der Waals surface area contributed by atoms with Gasteiger partial charge in [-0.3, -0.25) is 0 Å². The lowest BCUT2D eigenvalue weighted by atomic mass is 9.97. The van der Waals surface area contributed by atoms with Crippen molar-refractivity contribution in [2.45, 2.75) is 18.9 Å². The van der Waals surface area contributed by atoms with Gasteiger partial charge in [0.1, 0.15) is 11.4 Å². The SMILES string of the molecule is CC1(OC#N)C=CC(OC#N)=CC1. The first kappa shape index (κ1) is 9.15. The molecule has 0 saturated carbocycles. The number of nitrogens with zero attached hydrogens (tertiary/aromatic N) is 2. The first-order valence-electron chi connectivity index (χ1n) is 3.72. The van der Waals surface area contributed by atoms with Crippen molar-refractivity contribution >= 4 is 0 Å². The van der Waals surface area contributed by atoms with Crippen molar-refractivity contribution < 1.29 is 9.47 Å². The number of hydrogen-bond donors (Lipinski definition) is 0. The maximum atomic E-state index is 8.34. The summed E-state index contributed by atoms with van der Waals surface area (Å²) in [4.78, 5) is 0. The average molecular weight is 176 g/mol. The van der Waals surface area contributed by atoms with Crippen LogP contribution in [-0.2, 0) is 9.47 Å². The molecule has 1 atom stereocenters. The van der Waals surface area contributed by atoms with E-state index in [4.69, 9.17) is 15.3 Å². The summed E-state index contributed by atoms with van der Waals surface area (Å²) < 4.78 is 9.43. The Morgan fingerprint density at radius 1 is 1.46 bits per heavy atom. The van der Waals surface area contributed by atoms with Crippen molar-refractivity contribution in [3.63, 3.8) is 0 Å². The standard InChI is InChI=1S/C9H8N2O2/c1-9(13-7-11)4-2-8(3-5-9)12-6-10/h2-4H,5H2,1H3. The Kier molecular flexibility index (Phi) is 2.56. The van der Waals surface area contributed by atoms with Crippen LogP contribution in [0, 0.1) is 23.0 Å². The van der Waals surface area contributed by atoms with Crippen LogP contribution in [-0.4, -0.2) is 5.60 Å². The normalized spacial score (nSPS) is 25.3. The smallest absolute Gasteiger partial charge is 0.292 e. The second-order valence-electron chi connectivity index (χ2n) is 2.84. The summed E-state index contributed by atoms with van der Waals surface area (Å²) in [7, 11) is 0. The van der Waals surface area contributed by atoms with Crippen molar-refractivity contribution in [2.24, 2.45) is 0 Å². The van der Waals surface area contributed by atoms with Gasteiger partial charge in [-0.05, 0) is 25.2 Å². The van der Waals surface area contributed by atoms with E-state index in [9.17, 15) is 0 Å². The molecule has 4 nitrogen and oxygen atoms in total. The predicted octanol–water partition coefficient (Wildman–Crippen LogP) is 1.58. The van der Waals surface area contributed by atoms with Crippen LogP contribution in [0.4, 0.5) is 0 Å². The van der Waals surface area contributed by atoms with Crippen molar-refractivity contribution in [3.8, 4) is 12.5 Å². The van der Waals surface area contributed by atoms with E-state index in [0.29, 0.717) is 12.2 Å². The molecule has 0 spiro atoms. The van der Waals surface area contributed by atoms with E-state index in [2.05, 4.69) is 4.74 Å². The molecular weight excluding hydrogens is 168 g/mol. The van der Waals surface area contributed by atoms with Gasteiger partial charge in [-0.15, -0.1) is 5.26 Å². The van der Waals surface area contributed by atoms with Crippen molar-refractivity contribution in [1.29, 1.82) is 10.5 Å². The van der Waals surface area contributed by atoms with Crippen LogP contribution in [0.15, 0.2) is 24.0 Å². The fraction of sp³-hybridized carbons (Fsp3) is 0.333. The summed E-state index contributed by atoms with van der Waals surface area (Å²) in [5.41, 5.74) is -0.600. The highest BCUT2D eigenvalue weighted by Gasteiger charge is 2.24. The molecule has 0 bridgehead atoms. The van der Waals surface area contributed by atoms with Crippen LogP contribution in [0.1, 0.15) is 13.3 Å². The van der Waals surface area contributed by atoms with E-state index in [-0.39, 0.29) is 0 Å². The Morgan fingerprint density at radius 3 is 2.69 bits per heavy atom. The summed E-state index contributed by atoms with van der Waals surface area (Å²) in [5.74, 6) is 0.488. The third kappa shape index (κ3) is 2.25. The number of allylic oxidation sites excluding steroid dienone is 1. The maximum Gasteiger partial charge on any atom is 0.292 e. The lowest BCUT2D eigenvalue weighted by Gasteiger charge is -2.23. The minimum Gasteiger partial charge on any atom is -0.417 e. The Morgan fingerprint density at radius 2 is 2.23 bits per heavy atom. The van der Waals surface area contributed by atoms with Crippen LogP contribution < -0.4 is 0 Å². The highest BCUT2D eigenvalue weighted by Crippen LogP contribution is 2.24. The van der Waals surface area contributed by atoms with Crippen molar-refractivity contribution in [2.75, 3.05) is 0 Å². The largest absolute Gasteiger partial charge is 0.417 e. The summed E-state index contributed by atoms with van der Waals surface area (Å²) in [6.07, 6.45) is 8.75. The highest BCUT2D eigenvalue weighted by atomic mass is 16.5. The molecule has 1 rings (SSSR count). The van der Waals surface area contributed by atoms with Gasteiger partial charge in [-0.2, -0.15) is 5.26 Å². The molecule has 0 aromatic heterocycles. The number of hydrogen-bond acceptors (Lipinski definition) is 4. The monoisotopic (exact) mass is 176 g/mol. The van der Waals surface area contributed by atoms with Crippen molar-refractivity contribution in [1.82, 2.24) is 0 Å². The third-order valence-electron chi connectivity index (χ3n) is 1.75. The molecule has 1 aliphatic carbocycles. The minimum absolute atomic E-state index is 0.488. The van der Waals surface area contributed by atoms with Gasteiger partial charge in [0.2, 0.25) is 0 Å². The molecule has 66 valence electrons. The van der Waals surface area contributed by atoms with E-state index in [0.717, 1.165) is 0 Å². The van der Waals surface area contributed by atoms with E-state index < -0.39 is 5.60 Å². The zero-order valence-electron chi connectivity index (χ0n) is 7.15. The molecule has 0 heterocycles. The maximum absolute atomic E-state index is 8.34. The molecule has 0 radical (unpaired) electrons. The van der Waals surface area contributed by atoms with Gasteiger partial charge in [0, 0.05) is 6.42 Å². The van der Waals surface area contributed by atoms with Crippen LogP contribution in [0.2, 0.25) is 0 Å². The molecule has 0 aromatic rings. The predicted molar refractivity (Wildman–Crippen MR) is 43.6 cm³/mol. The Bertz CT molecular complexity index is 333. The zero-order valence-corrected chi connectivity index (χ0v) is 7.15. The number of rotatable bonds is 2. The zero-order chi connectivity index (χ0) is 9.73. The lowest BCUT2D eigenvalue weighted by Crippen LogP contribution is -2.24. The third-order valence-corrected chi connectivity index (χ3v) is 1.75. The van der Waals surface area contributed by atoms with Gasteiger partial charge in [-0.1, -0.05) is 0 Å². The summed E-state index contributed by atoms with van der Waals surface area (Å²) in [6, 6.07) is 0. The molecule has 4 heteroatoms. The molecule has 1 aliphatic rings. The molecule has 13 heavy (non-hydrogen) atoms. The summed E-state index contributed by atoms with van der Waals surface area (Å²) in [6.45, 7) is 1.78. The molecule has 0 aliphatic heterocycles. The second-order valence-corrected chi connectivity index (χ2v) is 2.84. The molecule has 0 saturated heterocycles. The van der Waals surface area contributed by atoms with Gasteiger partial charge in [0.15, 0.2) is 0 Å². The van der Waals surface area contributed by atoms with E-state index >= 15 is 0 Å². The van der Waals surface area contributed by atoms with E-state index in [1.807, 2.05) is 0 Å². The molecule has 0 aromatic carbocycles. The summed E-state index contributed by atoms with van der Waals surface area (Å²) >= 11 is 0. The van der Waals surface area contributed by atoms with Crippen LogP contribution >= 0.6 is 0 Å². The first-order valence-corrected chi connectivity index (χ1v) is 3.72. The lowest BCUT2D eigenvalue weighted by molar-refractivity contribution is 0.101. The Labute approximate surface area is 76.3 Å². The first-order chi connectivity index (χ1) is 6.20. The van der Waals surface area contributed by atoms with Gasteiger partial charge < -0.3 is 9.47 Å². The topological polar surface area (TPSA) is 66.0 Å². The second kappa shape index (κ2) is 3.64. The van der Waals surface area contributed by atoms with Crippen LogP contribution in [0.3, 0.4) is 0 Å². The van der Waals surface area contributed by atoms with Gasteiger partial charge in [0.25, 0.3) is 12.5 Å². The summed E-state index contributed by atoms with van der Waals surface area (Å²) in [5, 5.41) is 16.6. The number of ether oxygens (including phenoxy) is 2. The van der Waals surface area contributed by atoms with Crippen LogP contribution in [0.25, 0.3) is 0 Å². The molecule has 0 amide bonds. The fourth-order valence-electron chi connectivity index (χ4n) is 1.01. The molecular formula is C9H8N2O2. The molecule has 1 unspecified atom stereocenters. The van der Waals surface area contributed by atoms with Crippen LogP contribution in [0.5, 0.6) is 0 Å². The van der Waals surface area contributed by atoms with Gasteiger partial charge >= 0.3 is 0 Å². The Balaban J connectivity index is 2.64. The van der Waals surface area contributed by atoms with E-state index in [1.165, 1.54) is 0 Å². The molecule has 0 N–H and O–H groups in total. The fourth-order valence-corrected chi connectivity index (χ4v) is 1.01. The quantitative estimate of drug-likeness (QED) is 0.599. The van der Waals surface area contributed by atoms with Gasteiger partial charge in [0.05, 0.1) is 0 Å². The van der Waals surface area contributed by atoms with Gasteiger partial charge in [-0.25, -0.2) is 0 Å². The van der Waals surface area contributed by atoms with Crippen molar-refractivity contribution in [3.05, 3.63) is 24.0 Å².